The number of nitrogens with zero attached hydrogens (tertiary/aromatic N) is 1. The molecule has 0 saturated carbocycles. The molecular formula is C18H28N4O5. The molecule has 1 aromatic carbocycles. The van der Waals surface area contributed by atoms with Crippen LogP contribution in [0.2, 0.25) is 0 Å². The highest BCUT2D eigenvalue weighted by Crippen LogP contribution is 2.23. The standard InChI is InChI=1S/C18H28N4O5/c1-22(2)9-8-19-15(23)10-13-16(24)17(25)14(27-13)11-20-18(26)21-12-6-4-3-5-7-12/h3-7,13-14,16-17,24-25H,8-11H2,1-2H3,(H,19,23)(H2,20,21,26)/t13-,14+,16?,17+/m0/s1. The largest absolute Gasteiger partial charge is 0.388 e. The number of likely N-dealkylation sites (N-methyl/N-ethyl adjacent to an activating group) is 1. The molecule has 1 aliphatic heterocycles. The van der Waals surface area contributed by atoms with Crippen molar-refractivity contribution in [1.29, 1.82) is 0 Å². The van der Waals surface area contributed by atoms with Crippen LogP contribution in [0.1, 0.15) is 6.42 Å². The third kappa shape index (κ3) is 6.79. The molecule has 5 N–H and O–H groups in total. The zero-order chi connectivity index (χ0) is 19.8. The van der Waals surface area contributed by atoms with E-state index >= 15 is 0 Å². The summed E-state index contributed by atoms with van der Waals surface area (Å²) >= 11 is 0. The van der Waals surface area contributed by atoms with Gasteiger partial charge in [0, 0.05) is 25.3 Å². The van der Waals surface area contributed by atoms with Gasteiger partial charge >= 0.3 is 6.03 Å². The molecule has 0 spiro atoms. The molecule has 9 nitrogen and oxygen atoms in total. The lowest BCUT2D eigenvalue weighted by Crippen LogP contribution is -2.41. The lowest BCUT2D eigenvalue weighted by molar-refractivity contribution is -0.125. The van der Waals surface area contributed by atoms with E-state index < -0.39 is 30.4 Å². The minimum absolute atomic E-state index is 0.00957. The van der Waals surface area contributed by atoms with E-state index in [1.807, 2.05) is 25.1 Å². The van der Waals surface area contributed by atoms with Gasteiger partial charge in [-0.1, -0.05) is 18.2 Å². The first-order valence-corrected chi connectivity index (χ1v) is 8.89. The normalized spacial score (nSPS) is 24.6. The summed E-state index contributed by atoms with van der Waals surface area (Å²) in [5.41, 5.74) is 0.634. The molecule has 0 aromatic heterocycles. The number of benzene rings is 1. The SMILES string of the molecule is CN(C)CCNC(=O)C[C@@H]1O[C@H](CNC(=O)Nc2ccccc2)[C@@H](O)C1O. The van der Waals surface area contributed by atoms with E-state index in [1.165, 1.54) is 0 Å². The van der Waals surface area contributed by atoms with Crippen molar-refractivity contribution < 1.29 is 24.5 Å². The summed E-state index contributed by atoms with van der Waals surface area (Å²) in [6.07, 6.45) is -4.03. The van der Waals surface area contributed by atoms with Gasteiger partial charge in [-0.15, -0.1) is 0 Å². The molecule has 1 unspecified atom stereocenters. The zero-order valence-corrected chi connectivity index (χ0v) is 15.6. The Labute approximate surface area is 158 Å². The van der Waals surface area contributed by atoms with Crippen molar-refractivity contribution in [2.75, 3.05) is 39.0 Å². The van der Waals surface area contributed by atoms with E-state index in [0.717, 1.165) is 0 Å². The number of nitrogens with one attached hydrogen (secondary N) is 3. The highest BCUT2D eigenvalue weighted by atomic mass is 16.5. The van der Waals surface area contributed by atoms with Gasteiger partial charge in [-0.3, -0.25) is 4.79 Å². The van der Waals surface area contributed by atoms with Gasteiger partial charge in [0.1, 0.15) is 18.3 Å². The van der Waals surface area contributed by atoms with Crippen molar-refractivity contribution in [3.8, 4) is 0 Å². The van der Waals surface area contributed by atoms with Crippen LogP contribution in [0.25, 0.3) is 0 Å². The number of rotatable bonds is 8. The molecular weight excluding hydrogens is 352 g/mol. The Morgan fingerprint density at radius 1 is 1.07 bits per heavy atom. The summed E-state index contributed by atoms with van der Waals surface area (Å²) in [5.74, 6) is -0.261. The average molecular weight is 380 g/mol. The predicted molar refractivity (Wildman–Crippen MR) is 100 cm³/mol. The van der Waals surface area contributed by atoms with Crippen molar-refractivity contribution in [2.24, 2.45) is 0 Å². The highest BCUT2D eigenvalue weighted by Gasteiger charge is 2.43. The fourth-order valence-corrected chi connectivity index (χ4v) is 2.73. The number of carbonyl (C=O) groups is 2. The number of aliphatic hydroxyl groups excluding tert-OH is 2. The Hall–Kier alpha value is -2.20. The van der Waals surface area contributed by atoms with Crippen LogP contribution in [0.3, 0.4) is 0 Å². The molecule has 1 heterocycles. The van der Waals surface area contributed by atoms with Crippen LogP contribution < -0.4 is 16.0 Å². The van der Waals surface area contributed by atoms with Crippen LogP contribution in [0.5, 0.6) is 0 Å². The number of hydrogen-bond donors (Lipinski definition) is 5. The van der Waals surface area contributed by atoms with Crippen molar-refractivity contribution in [3.05, 3.63) is 30.3 Å². The van der Waals surface area contributed by atoms with Crippen LogP contribution in [0, 0.1) is 0 Å². The topological polar surface area (TPSA) is 123 Å². The molecule has 9 heteroatoms. The van der Waals surface area contributed by atoms with Crippen molar-refractivity contribution >= 4 is 17.6 Å². The van der Waals surface area contributed by atoms with E-state index in [2.05, 4.69) is 16.0 Å². The van der Waals surface area contributed by atoms with E-state index in [0.29, 0.717) is 18.8 Å². The smallest absolute Gasteiger partial charge is 0.319 e. The highest BCUT2D eigenvalue weighted by molar-refractivity contribution is 5.89. The number of aliphatic hydroxyl groups is 2. The molecule has 1 fully saturated rings. The molecule has 2 rings (SSSR count). The fourth-order valence-electron chi connectivity index (χ4n) is 2.73. The maximum Gasteiger partial charge on any atom is 0.319 e. The van der Waals surface area contributed by atoms with Gasteiger partial charge in [0.05, 0.1) is 12.5 Å². The number of anilines is 1. The first-order valence-electron chi connectivity index (χ1n) is 8.89. The number of hydrogen-bond acceptors (Lipinski definition) is 6. The maximum absolute atomic E-state index is 11.9. The second-order valence-corrected chi connectivity index (χ2v) is 6.75. The summed E-state index contributed by atoms with van der Waals surface area (Å²) in [6, 6.07) is 8.47. The lowest BCUT2D eigenvalue weighted by Gasteiger charge is -2.16. The minimum Gasteiger partial charge on any atom is -0.388 e. The van der Waals surface area contributed by atoms with Crippen molar-refractivity contribution in [3.63, 3.8) is 0 Å². The van der Waals surface area contributed by atoms with E-state index in [-0.39, 0.29) is 18.9 Å². The van der Waals surface area contributed by atoms with Gasteiger partial charge < -0.3 is 35.8 Å². The first kappa shape index (κ1) is 21.1. The molecule has 0 radical (unpaired) electrons. The van der Waals surface area contributed by atoms with Crippen LogP contribution in [-0.4, -0.2) is 85.2 Å². The first-order chi connectivity index (χ1) is 12.9. The molecule has 27 heavy (non-hydrogen) atoms. The Morgan fingerprint density at radius 2 is 1.74 bits per heavy atom. The van der Waals surface area contributed by atoms with Crippen LogP contribution in [-0.2, 0) is 9.53 Å². The molecule has 1 aromatic rings. The molecule has 3 amide bonds. The van der Waals surface area contributed by atoms with Crippen molar-refractivity contribution in [2.45, 2.75) is 30.8 Å². The molecule has 0 bridgehead atoms. The monoisotopic (exact) mass is 380 g/mol. The van der Waals surface area contributed by atoms with Gasteiger partial charge in [-0.25, -0.2) is 4.79 Å². The van der Waals surface area contributed by atoms with E-state index in [9.17, 15) is 19.8 Å². The number of carbonyl (C=O) groups excluding carboxylic acids is 2. The summed E-state index contributed by atoms with van der Waals surface area (Å²) in [5, 5.41) is 28.2. The second-order valence-electron chi connectivity index (χ2n) is 6.75. The average Bonchev–Trinajstić information content (AvgIpc) is 2.88. The number of urea groups is 1. The van der Waals surface area contributed by atoms with Crippen LogP contribution in [0.15, 0.2) is 30.3 Å². The Bertz CT molecular complexity index is 613. The number of para-hydroxylation sites is 1. The quantitative estimate of drug-likeness (QED) is 0.409. The summed E-state index contributed by atoms with van der Waals surface area (Å²) in [7, 11) is 3.80. The van der Waals surface area contributed by atoms with Gasteiger partial charge in [-0.05, 0) is 26.2 Å². The summed E-state index contributed by atoms with van der Waals surface area (Å²) in [4.78, 5) is 25.8. The van der Waals surface area contributed by atoms with E-state index in [1.54, 1.807) is 24.3 Å². The zero-order valence-electron chi connectivity index (χ0n) is 15.6. The van der Waals surface area contributed by atoms with E-state index in [4.69, 9.17) is 4.74 Å². The minimum atomic E-state index is -1.19. The molecule has 4 atom stereocenters. The third-order valence-corrected chi connectivity index (χ3v) is 4.22. The number of amides is 3. The van der Waals surface area contributed by atoms with Crippen LogP contribution in [0.4, 0.5) is 10.5 Å². The van der Waals surface area contributed by atoms with Gasteiger partial charge in [-0.2, -0.15) is 0 Å². The Kier molecular flexibility index (Phi) is 7.99. The Morgan fingerprint density at radius 3 is 2.41 bits per heavy atom. The summed E-state index contributed by atoms with van der Waals surface area (Å²) in [6.45, 7) is 1.20. The van der Waals surface area contributed by atoms with Gasteiger partial charge in [0.2, 0.25) is 5.91 Å². The third-order valence-electron chi connectivity index (χ3n) is 4.22. The molecule has 0 aliphatic carbocycles. The molecule has 150 valence electrons. The maximum atomic E-state index is 11.9. The number of ether oxygens (including phenoxy) is 1. The molecule has 1 saturated heterocycles. The second kappa shape index (κ2) is 10.2. The van der Waals surface area contributed by atoms with Gasteiger partial charge in [0.25, 0.3) is 0 Å². The lowest BCUT2D eigenvalue weighted by atomic mass is 10.1. The van der Waals surface area contributed by atoms with Crippen molar-refractivity contribution in [1.82, 2.24) is 15.5 Å². The Balaban J connectivity index is 1.75. The summed E-state index contributed by atoms with van der Waals surface area (Å²) < 4.78 is 5.57. The predicted octanol–water partition coefficient (Wildman–Crippen LogP) is -0.635. The van der Waals surface area contributed by atoms with Gasteiger partial charge in [0.15, 0.2) is 0 Å². The fraction of sp³-hybridized carbons (Fsp3) is 0.556. The molecule has 1 aliphatic rings. The van der Waals surface area contributed by atoms with Crippen LogP contribution >= 0.6 is 0 Å².